The highest BCUT2D eigenvalue weighted by Gasteiger charge is 2.35. The summed E-state index contributed by atoms with van der Waals surface area (Å²) < 4.78 is 5.56. The molecular formula is C23H20O6. The highest BCUT2D eigenvalue weighted by Crippen LogP contribution is 2.36. The van der Waals surface area contributed by atoms with Gasteiger partial charge in [-0.1, -0.05) is 29.8 Å². The van der Waals surface area contributed by atoms with Crippen molar-refractivity contribution < 1.29 is 29.3 Å². The van der Waals surface area contributed by atoms with Crippen molar-refractivity contribution in [2.24, 2.45) is 0 Å². The molecule has 0 fully saturated rings. The van der Waals surface area contributed by atoms with E-state index in [1.165, 1.54) is 0 Å². The van der Waals surface area contributed by atoms with E-state index in [-0.39, 0.29) is 23.1 Å². The van der Waals surface area contributed by atoms with E-state index in [4.69, 9.17) is 4.74 Å². The minimum atomic E-state index is -1.02. The van der Waals surface area contributed by atoms with Crippen LogP contribution in [0.2, 0.25) is 0 Å². The lowest BCUT2D eigenvalue weighted by Crippen LogP contribution is -2.29. The summed E-state index contributed by atoms with van der Waals surface area (Å²) in [5, 5.41) is 20.1. The minimum Gasteiger partial charge on any atom is -0.507 e. The van der Waals surface area contributed by atoms with Crippen LogP contribution < -0.4 is 0 Å². The fourth-order valence-corrected chi connectivity index (χ4v) is 3.08. The lowest BCUT2D eigenvalue weighted by atomic mass is 9.85. The lowest BCUT2D eigenvalue weighted by Gasteiger charge is -2.23. The molecule has 6 nitrogen and oxygen atoms in total. The number of esters is 1. The Morgan fingerprint density at radius 1 is 1.00 bits per heavy atom. The molecule has 3 rings (SSSR count). The molecule has 0 radical (unpaired) electrons. The molecule has 2 N–H and O–H groups in total. The Morgan fingerprint density at radius 2 is 1.62 bits per heavy atom. The number of carbonyl (C=O) groups excluding carboxylic acids is 3. The number of ketones is 2. The maximum atomic E-state index is 13.0. The smallest absolute Gasteiger partial charge is 0.338 e. The highest BCUT2D eigenvalue weighted by molar-refractivity contribution is 6.27. The number of carbonyl (C=O) groups is 3. The van der Waals surface area contributed by atoms with Gasteiger partial charge in [0.05, 0.1) is 16.7 Å². The van der Waals surface area contributed by atoms with Crippen molar-refractivity contribution >= 4 is 17.5 Å². The number of allylic oxidation sites excluding steroid dienone is 2. The van der Waals surface area contributed by atoms with Crippen LogP contribution >= 0.6 is 0 Å². The maximum Gasteiger partial charge on any atom is 0.338 e. The molecule has 2 aromatic rings. The molecule has 1 atom stereocenters. The quantitative estimate of drug-likeness (QED) is 0.453. The molecule has 2 aromatic carbocycles. The van der Waals surface area contributed by atoms with Crippen LogP contribution in [0.3, 0.4) is 0 Å². The first kappa shape index (κ1) is 20.1. The molecule has 1 unspecified atom stereocenters. The van der Waals surface area contributed by atoms with Crippen molar-refractivity contribution in [2.75, 3.05) is 0 Å². The van der Waals surface area contributed by atoms with E-state index in [1.807, 2.05) is 13.8 Å². The molecule has 29 heavy (non-hydrogen) atoms. The Hall–Kier alpha value is -3.67. The summed E-state index contributed by atoms with van der Waals surface area (Å²) in [7, 11) is 0. The fourth-order valence-electron chi connectivity index (χ4n) is 3.08. The molecule has 0 aliphatic heterocycles. The van der Waals surface area contributed by atoms with Crippen LogP contribution in [-0.4, -0.2) is 33.9 Å². The van der Waals surface area contributed by atoms with Crippen molar-refractivity contribution in [3.8, 4) is 11.5 Å². The number of aromatic hydroxyl groups is 2. The second kappa shape index (κ2) is 8.14. The molecule has 6 heteroatoms. The third kappa shape index (κ3) is 4.11. The standard InChI is InChI=1S/C23H20O6/c1-13(2)8-11-19(29-23(28)14-6-4-3-5-7-14)15-12-18(26)20-16(24)9-10-17(25)21(20)22(15)27/h3-10,12,19,24-25H,11H2,1-2H3. The number of phenols is 2. The van der Waals surface area contributed by atoms with E-state index in [0.717, 1.165) is 23.8 Å². The van der Waals surface area contributed by atoms with E-state index in [9.17, 15) is 24.6 Å². The number of hydrogen-bond acceptors (Lipinski definition) is 6. The molecule has 0 saturated heterocycles. The molecule has 0 amide bonds. The van der Waals surface area contributed by atoms with Crippen LogP contribution in [0.4, 0.5) is 0 Å². The van der Waals surface area contributed by atoms with E-state index in [2.05, 4.69) is 0 Å². The molecule has 1 aliphatic rings. The zero-order valence-corrected chi connectivity index (χ0v) is 16.0. The third-order valence-electron chi connectivity index (χ3n) is 4.53. The van der Waals surface area contributed by atoms with Gasteiger partial charge >= 0.3 is 5.97 Å². The SMILES string of the molecule is CC(C)=CCC(OC(=O)c1ccccc1)C1=CC(=O)c2c(O)ccc(O)c2C1=O. The Balaban J connectivity index is 2.01. The molecule has 1 aliphatic carbocycles. The van der Waals surface area contributed by atoms with Gasteiger partial charge in [0.25, 0.3) is 0 Å². The summed E-state index contributed by atoms with van der Waals surface area (Å²) in [6, 6.07) is 10.6. The zero-order chi connectivity index (χ0) is 21.1. The van der Waals surface area contributed by atoms with Gasteiger partial charge in [-0.15, -0.1) is 0 Å². The molecule has 0 bridgehead atoms. The summed E-state index contributed by atoms with van der Waals surface area (Å²) in [6.45, 7) is 3.72. The van der Waals surface area contributed by atoms with Gasteiger partial charge < -0.3 is 14.9 Å². The van der Waals surface area contributed by atoms with Crippen LogP contribution in [0.25, 0.3) is 0 Å². The summed E-state index contributed by atoms with van der Waals surface area (Å²) in [5.74, 6) is -2.75. The monoisotopic (exact) mass is 392 g/mol. The summed E-state index contributed by atoms with van der Waals surface area (Å²) in [4.78, 5) is 38.1. The average Bonchev–Trinajstić information content (AvgIpc) is 2.70. The molecule has 0 spiro atoms. The molecule has 0 aromatic heterocycles. The lowest BCUT2D eigenvalue weighted by molar-refractivity contribution is 0.0372. The predicted octanol–water partition coefficient (Wildman–Crippen LogP) is 3.99. The van der Waals surface area contributed by atoms with Crippen LogP contribution in [0.1, 0.15) is 51.3 Å². The highest BCUT2D eigenvalue weighted by atomic mass is 16.5. The number of rotatable bonds is 5. The van der Waals surface area contributed by atoms with Crippen molar-refractivity contribution in [2.45, 2.75) is 26.4 Å². The largest absolute Gasteiger partial charge is 0.507 e. The first-order valence-corrected chi connectivity index (χ1v) is 9.04. The van der Waals surface area contributed by atoms with Crippen molar-refractivity contribution in [3.05, 3.63) is 82.5 Å². The first-order chi connectivity index (χ1) is 13.8. The number of hydrogen-bond donors (Lipinski definition) is 2. The average molecular weight is 392 g/mol. The topological polar surface area (TPSA) is 101 Å². The maximum absolute atomic E-state index is 13.0. The third-order valence-corrected chi connectivity index (χ3v) is 4.53. The van der Waals surface area contributed by atoms with Gasteiger partial charge in [0, 0.05) is 12.0 Å². The van der Waals surface area contributed by atoms with Crippen LogP contribution in [0, 0.1) is 0 Å². The van der Waals surface area contributed by atoms with E-state index < -0.39 is 35.1 Å². The molecule has 0 heterocycles. The van der Waals surface area contributed by atoms with Crippen molar-refractivity contribution in [3.63, 3.8) is 0 Å². The van der Waals surface area contributed by atoms with Crippen LogP contribution in [0.15, 0.2) is 65.8 Å². The number of phenolic OH excluding ortho intramolecular Hbond substituents is 2. The van der Waals surface area contributed by atoms with E-state index in [0.29, 0.717) is 5.56 Å². The number of Topliss-reactive ketones (excluding diaryl/α,β-unsaturated/α-hetero) is 1. The Labute approximate surface area is 167 Å². The Kier molecular flexibility index (Phi) is 5.64. The zero-order valence-electron chi connectivity index (χ0n) is 16.0. The molecular weight excluding hydrogens is 372 g/mol. The molecule has 148 valence electrons. The summed E-state index contributed by atoms with van der Waals surface area (Å²) >= 11 is 0. The van der Waals surface area contributed by atoms with Gasteiger partial charge in [0.15, 0.2) is 11.6 Å². The molecule has 0 saturated carbocycles. The van der Waals surface area contributed by atoms with Gasteiger partial charge in [-0.05, 0) is 44.2 Å². The predicted molar refractivity (Wildman–Crippen MR) is 106 cm³/mol. The van der Waals surface area contributed by atoms with Crippen LogP contribution in [-0.2, 0) is 4.74 Å². The summed E-state index contributed by atoms with van der Waals surface area (Å²) in [6.07, 6.45) is 2.01. The Bertz CT molecular complexity index is 1040. The van der Waals surface area contributed by atoms with Crippen LogP contribution in [0.5, 0.6) is 11.5 Å². The van der Waals surface area contributed by atoms with E-state index in [1.54, 1.807) is 36.4 Å². The Morgan fingerprint density at radius 3 is 2.24 bits per heavy atom. The number of benzene rings is 2. The fraction of sp³-hybridized carbons (Fsp3) is 0.174. The second-order valence-corrected chi connectivity index (χ2v) is 6.92. The second-order valence-electron chi connectivity index (χ2n) is 6.92. The number of ether oxygens (including phenoxy) is 1. The normalized spacial score (nSPS) is 13.9. The number of fused-ring (bicyclic) bond motifs is 1. The van der Waals surface area contributed by atoms with Gasteiger partial charge in [0.2, 0.25) is 0 Å². The minimum absolute atomic E-state index is 0.0508. The van der Waals surface area contributed by atoms with Gasteiger partial charge in [-0.3, -0.25) is 9.59 Å². The first-order valence-electron chi connectivity index (χ1n) is 9.04. The van der Waals surface area contributed by atoms with Gasteiger partial charge in [-0.2, -0.15) is 0 Å². The van der Waals surface area contributed by atoms with E-state index >= 15 is 0 Å². The van der Waals surface area contributed by atoms with Gasteiger partial charge in [-0.25, -0.2) is 4.79 Å². The van der Waals surface area contributed by atoms with Crippen molar-refractivity contribution in [1.82, 2.24) is 0 Å². The van der Waals surface area contributed by atoms with Gasteiger partial charge in [0.1, 0.15) is 17.6 Å². The summed E-state index contributed by atoms with van der Waals surface area (Å²) in [5.41, 5.74) is 0.664. The van der Waals surface area contributed by atoms with Crippen molar-refractivity contribution in [1.29, 1.82) is 0 Å².